The Labute approximate surface area is 117 Å². The summed E-state index contributed by atoms with van der Waals surface area (Å²) in [5, 5.41) is 10.6. The molecule has 0 saturated carbocycles. The van der Waals surface area contributed by atoms with Crippen LogP contribution in [0.2, 0.25) is 0 Å². The fraction of sp³-hybridized carbons (Fsp3) is 0.294. The van der Waals surface area contributed by atoms with E-state index >= 15 is 0 Å². The Balaban J connectivity index is 1.58. The summed E-state index contributed by atoms with van der Waals surface area (Å²) in [6.45, 7) is 1.32. The van der Waals surface area contributed by atoms with Crippen molar-refractivity contribution in [3.05, 3.63) is 64.7 Å². The van der Waals surface area contributed by atoms with Crippen LogP contribution < -0.4 is 4.74 Å². The van der Waals surface area contributed by atoms with E-state index in [9.17, 15) is 5.11 Å². The van der Waals surface area contributed by atoms with E-state index in [-0.39, 0.29) is 6.10 Å². The number of hydrogen-bond acceptors (Lipinski definition) is 3. The summed E-state index contributed by atoms with van der Waals surface area (Å²) in [6, 6.07) is 14.0. The van der Waals surface area contributed by atoms with Crippen molar-refractivity contribution in [2.75, 3.05) is 0 Å². The third kappa shape index (κ3) is 1.90. The Morgan fingerprint density at radius 1 is 1.00 bits per heavy atom. The van der Waals surface area contributed by atoms with E-state index < -0.39 is 6.10 Å². The first kappa shape index (κ1) is 11.9. The van der Waals surface area contributed by atoms with Gasteiger partial charge in [0.15, 0.2) is 0 Å². The third-order valence-corrected chi connectivity index (χ3v) is 4.11. The molecule has 0 radical (unpaired) electrons. The molecular weight excluding hydrogens is 252 g/mol. The molecule has 3 nitrogen and oxygen atoms in total. The number of hydrogen-bond donors (Lipinski definition) is 1. The van der Waals surface area contributed by atoms with Crippen molar-refractivity contribution >= 4 is 0 Å². The Morgan fingerprint density at radius 2 is 1.85 bits per heavy atom. The molecule has 4 rings (SSSR count). The van der Waals surface area contributed by atoms with E-state index in [2.05, 4.69) is 6.07 Å². The third-order valence-electron chi connectivity index (χ3n) is 4.11. The fourth-order valence-corrected chi connectivity index (χ4v) is 2.98. The van der Waals surface area contributed by atoms with Gasteiger partial charge in [0.2, 0.25) is 0 Å². The lowest BCUT2D eigenvalue weighted by Crippen LogP contribution is -2.23. The number of benzene rings is 2. The SMILES string of the molecule is OC(c1ccc2c(c1)COC2)C1Cc2ccccc2O1. The topological polar surface area (TPSA) is 38.7 Å². The van der Waals surface area contributed by atoms with Gasteiger partial charge in [0.1, 0.15) is 18.0 Å². The molecular formula is C17H16O3. The van der Waals surface area contributed by atoms with E-state index in [4.69, 9.17) is 9.47 Å². The number of para-hydroxylation sites is 1. The minimum absolute atomic E-state index is 0.201. The van der Waals surface area contributed by atoms with Crippen molar-refractivity contribution in [1.29, 1.82) is 0 Å². The molecule has 2 atom stereocenters. The maximum atomic E-state index is 10.6. The van der Waals surface area contributed by atoms with Crippen LogP contribution in [0.4, 0.5) is 0 Å². The molecule has 2 aliphatic rings. The molecule has 20 heavy (non-hydrogen) atoms. The summed E-state index contributed by atoms with van der Waals surface area (Å²) in [5.41, 5.74) is 4.47. The van der Waals surface area contributed by atoms with Crippen LogP contribution in [0.3, 0.4) is 0 Å². The van der Waals surface area contributed by atoms with Gasteiger partial charge in [0.05, 0.1) is 13.2 Å². The molecule has 0 spiro atoms. The highest BCUT2D eigenvalue weighted by Gasteiger charge is 2.30. The average Bonchev–Trinajstić information content (AvgIpc) is 3.11. The van der Waals surface area contributed by atoms with Crippen LogP contribution >= 0.6 is 0 Å². The van der Waals surface area contributed by atoms with Crippen LogP contribution in [0.25, 0.3) is 0 Å². The molecule has 0 saturated heterocycles. The van der Waals surface area contributed by atoms with Crippen molar-refractivity contribution in [3.63, 3.8) is 0 Å². The lowest BCUT2D eigenvalue weighted by molar-refractivity contribution is 0.0491. The quantitative estimate of drug-likeness (QED) is 0.910. The summed E-state index contributed by atoms with van der Waals surface area (Å²) < 4.78 is 11.3. The van der Waals surface area contributed by atoms with Gasteiger partial charge in [-0.05, 0) is 28.3 Å². The maximum absolute atomic E-state index is 10.6. The first-order chi connectivity index (χ1) is 9.81. The Kier molecular flexibility index (Phi) is 2.76. The molecule has 0 bridgehead atoms. The lowest BCUT2D eigenvalue weighted by Gasteiger charge is -2.19. The van der Waals surface area contributed by atoms with Gasteiger partial charge in [0.25, 0.3) is 0 Å². The summed E-state index contributed by atoms with van der Waals surface area (Å²) in [4.78, 5) is 0. The van der Waals surface area contributed by atoms with E-state index in [0.29, 0.717) is 13.2 Å². The molecule has 2 aromatic carbocycles. The van der Waals surface area contributed by atoms with E-state index in [1.54, 1.807) is 0 Å². The second-order valence-electron chi connectivity index (χ2n) is 5.43. The van der Waals surface area contributed by atoms with Gasteiger partial charge in [-0.15, -0.1) is 0 Å². The van der Waals surface area contributed by atoms with Crippen molar-refractivity contribution in [2.45, 2.75) is 31.8 Å². The summed E-state index contributed by atoms with van der Waals surface area (Å²) in [6.07, 6.45) is -0.0497. The average molecular weight is 268 g/mol. The molecule has 1 N–H and O–H groups in total. The van der Waals surface area contributed by atoms with Crippen LogP contribution in [-0.2, 0) is 24.4 Å². The first-order valence-corrected chi connectivity index (χ1v) is 6.93. The Morgan fingerprint density at radius 3 is 2.75 bits per heavy atom. The molecule has 2 unspecified atom stereocenters. The molecule has 0 aliphatic carbocycles. The molecule has 2 aromatic rings. The zero-order valence-corrected chi connectivity index (χ0v) is 11.1. The molecule has 3 heteroatoms. The lowest BCUT2D eigenvalue weighted by atomic mass is 9.97. The number of ether oxygens (including phenoxy) is 2. The van der Waals surface area contributed by atoms with Crippen LogP contribution in [0.5, 0.6) is 5.75 Å². The predicted octanol–water partition coefficient (Wildman–Crippen LogP) is 2.75. The van der Waals surface area contributed by atoms with Crippen LogP contribution in [0.1, 0.15) is 28.4 Å². The summed E-state index contributed by atoms with van der Waals surface area (Å²) in [5.74, 6) is 0.890. The van der Waals surface area contributed by atoms with Gasteiger partial charge in [-0.2, -0.15) is 0 Å². The second-order valence-corrected chi connectivity index (χ2v) is 5.43. The van der Waals surface area contributed by atoms with Crippen LogP contribution in [0, 0.1) is 0 Å². The van der Waals surface area contributed by atoms with Crippen molar-refractivity contribution in [1.82, 2.24) is 0 Å². The second kappa shape index (κ2) is 4.62. The minimum atomic E-state index is -0.603. The smallest absolute Gasteiger partial charge is 0.133 e. The van der Waals surface area contributed by atoms with Crippen LogP contribution in [0.15, 0.2) is 42.5 Å². The zero-order chi connectivity index (χ0) is 13.5. The Hall–Kier alpha value is -1.84. The molecule has 102 valence electrons. The molecule has 0 fully saturated rings. The Bertz CT molecular complexity index is 625. The van der Waals surface area contributed by atoms with Gasteiger partial charge >= 0.3 is 0 Å². The maximum Gasteiger partial charge on any atom is 0.133 e. The molecule has 0 amide bonds. The summed E-state index contributed by atoms with van der Waals surface area (Å²) in [7, 11) is 0. The highest BCUT2D eigenvalue weighted by atomic mass is 16.5. The molecule has 2 heterocycles. The number of fused-ring (bicyclic) bond motifs is 2. The van der Waals surface area contributed by atoms with Gasteiger partial charge in [-0.25, -0.2) is 0 Å². The number of aliphatic hydroxyl groups is 1. The van der Waals surface area contributed by atoms with Crippen molar-refractivity contribution in [3.8, 4) is 5.75 Å². The van der Waals surface area contributed by atoms with Crippen LogP contribution in [-0.4, -0.2) is 11.2 Å². The first-order valence-electron chi connectivity index (χ1n) is 6.93. The summed E-state index contributed by atoms with van der Waals surface area (Å²) >= 11 is 0. The van der Waals surface area contributed by atoms with E-state index in [1.165, 1.54) is 16.7 Å². The highest BCUT2D eigenvalue weighted by molar-refractivity contribution is 5.39. The molecule has 0 aromatic heterocycles. The normalized spacial score (nSPS) is 21.1. The standard InChI is InChI=1S/C17H16O3/c18-17(12-5-6-13-9-19-10-14(13)7-12)16-8-11-3-1-2-4-15(11)20-16/h1-7,16-18H,8-10H2. The predicted molar refractivity (Wildman–Crippen MR) is 74.5 cm³/mol. The van der Waals surface area contributed by atoms with Gasteiger partial charge in [-0.3, -0.25) is 0 Å². The van der Waals surface area contributed by atoms with E-state index in [0.717, 1.165) is 17.7 Å². The monoisotopic (exact) mass is 268 g/mol. The fourth-order valence-electron chi connectivity index (χ4n) is 2.98. The largest absolute Gasteiger partial charge is 0.487 e. The van der Waals surface area contributed by atoms with Gasteiger partial charge in [0, 0.05) is 6.42 Å². The van der Waals surface area contributed by atoms with Crippen molar-refractivity contribution in [2.24, 2.45) is 0 Å². The molecule has 2 aliphatic heterocycles. The minimum Gasteiger partial charge on any atom is -0.487 e. The number of rotatable bonds is 2. The van der Waals surface area contributed by atoms with Crippen molar-refractivity contribution < 1.29 is 14.6 Å². The van der Waals surface area contributed by atoms with Gasteiger partial charge in [-0.1, -0.05) is 36.4 Å². The van der Waals surface area contributed by atoms with Gasteiger partial charge < -0.3 is 14.6 Å². The highest BCUT2D eigenvalue weighted by Crippen LogP contribution is 2.35. The zero-order valence-electron chi connectivity index (χ0n) is 11.1. The van der Waals surface area contributed by atoms with E-state index in [1.807, 2.05) is 36.4 Å². The number of aliphatic hydroxyl groups excluding tert-OH is 1.